The number of carbonyl (C=O) groups excluding carboxylic acids is 1. The van der Waals surface area contributed by atoms with Gasteiger partial charge in [-0.05, 0) is 34.7 Å². The van der Waals surface area contributed by atoms with Gasteiger partial charge in [-0.3, -0.25) is 4.79 Å². The second kappa shape index (κ2) is 6.19. The molecule has 100 valence electrons. The van der Waals surface area contributed by atoms with Crippen LogP contribution in [0.2, 0.25) is 0 Å². The van der Waals surface area contributed by atoms with Crippen molar-refractivity contribution in [1.82, 2.24) is 20.2 Å². The van der Waals surface area contributed by atoms with Crippen molar-refractivity contribution < 1.29 is 4.79 Å². The van der Waals surface area contributed by atoms with E-state index in [1.807, 2.05) is 0 Å². The zero-order chi connectivity index (χ0) is 13.7. The van der Waals surface area contributed by atoms with Crippen molar-refractivity contribution in [1.29, 1.82) is 0 Å². The van der Waals surface area contributed by atoms with Crippen LogP contribution in [-0.4, -0.2) is 31.9 Å². The molecule has 0 fully saturated rings. The van der Waals surface area contributed by atoms with E-state index in [9.17, 15) is 4.79 Å². The molecule has 2 aromatic rings. The van der Waals surface area contributed by atoms with Crippen molar-refractivity contribution in [3.63, 3.8) is 0 Å². The van der Waals surface area contributed by atoms with Gasteiger partial charge in [0.2, 0.25) is 11.1 Å². The Morgan fingerprint density at radius 2 is 2.16 bits per heavy atom. The SMILES string of the molecule is Cn1nnnc1SCCC(=O)Nc1ccc(N)cc1. The molecule has 0 aliphatic rings. The van der Waals surface area contributed by atoms with Crippen molar-refractivity contribution in [2.75, 3.05) is 16.8 Å². The largest absolute Gasteiger partial charge is 0.399 e. The van der Waals surface area contributed by atoms with E-state index >= 15 is 0 Å². The summed E-state index contributed by atoms with van der Waals surface area (Å²) in [6, 6.07) is 7.03. The second-order valence-electron chi connectivity index (χ2n) is 3.85. The molecule has 0 bridgehead atoms. The Morgan fingerprint density at radius 3 is 2.79 bits per heavy atom. The summed E-state index contributed by atoms with van der Waals surface area (Å²) in [5.74, 6) is 0.571. The number of aryl methyl sites for hydroxylation is 1. The number of rotatable bonds is 5. The number of nitrogens with zero attached hydrogens (tertiary/aromatic N) is 4. The smallest absolute Gasteiger partial charge is 0.225 e. The van der Waals surface area contributed by atoms with Crippen LogP contribution in [-0.2, 0) is 11.8 Å². The predicted octanol–water partition coefficient (Wildman–Crippen LogP) is 0.913. The first-order valence-electron chi connectivity index (χ1n) is 5.65. The van der Waals surface area contributed by atoms with Gasteiger partial charge in [0.05, 0.1) is 0 Å². The minimum Gasteiger partial charge on any atom is -0.399 e. The molecule has 19 heavy (non-hydrogen) atoms. The summed E-state index contributed by atoms with van der Waals surface area (Å²) in [4.78, 5) is 11.7. The Morgan fingerprint density at radius 1 is 1.42 bits per heavy atom. The van der Waals surface area contributed by atoms with Crippen LogP contribution in [0.25, 0.3) is 0 Å². The van der Waals surface area contributed by atoms with E-state index < -0.39 is 0 Å². The topological polar surface area (TPSA) is 98.7 Å². The Balaban J connectivity index is 1.76. The highest BCUT2D eigenvalue weighted by atomic mass is 32.2. The third-order valence-electron chi connectivity index (χ3n) is 2.34. The maximum Gasteiger partial charge on any atom is 0.225 e. The maximum absolute atomic E-state index is 11.7. The van der Waals surface area contributed by atoms with Gasteiger partial charge in [-0.1, -0.05) is 11.8 Å². The first-order valence-corrected chi connectivity index (χ1v) is 6.64. The molecule has 2 rings (SSSR count). The van der Waals surface area contributed by atoms with Crippen LogP contribution in [0.4, 0.5) is 11.4 Å². The molecule has 0 aliphatic carbocycles. The van der Waals surface area contributed by atoms with E-state index in [0.717, 1.165) is 5.69 Å². The molecule has 1 aromatic carbocycles. The normalized spacial score (nSPS) is 10.4. The van der Waals surface area contributed by atoms with Crippen molar-refractivity contribution >= 4 is 29.0 Å². The van der Waals surface area contributed by atoms with Gasteiger partial charge in [0.25, 0.3) is 0 Å². The molecule has 0 unspecified atom stereocenters. The average Bonchev–Trinajstić information content (AvgIpc) is 2.78. The van der Waals surface area contributed by atoms with Gasteiger partial charge in [-0.25, -0.2) is 4.68 Å². The van der Waals surface area contributed by atoms with Crippen molar-refractivity contribution in [2.45, 2.75) is 11.6 Å². The standard InChI is InChI=1S/C11H14N6OS/c1-17-11(14-15-16-17)19-7-6-10(18)13-9-4-2-8(12)3-5-9/h2-5H,6-7,12H2,1H3,(H,13,18). The van der Waals surface area contributed by atoms with E-state index in [1.54, 1.807) is 36.0 Å². The molecule has 0 atom stereocenters. The zero-order valence-corrected chi connectivity index (χ0v) is 11.2. The lowest BCUT2D eigenvalue weighted by atomic mass is 10.3. The van der Waals surface area contributed by atoms with E-state index in [0.29, 0.717) is 23.0 Å². The van der Waals surface area contributed by atoms with Gasteiger partial charge in [-0.15, -0.1) is 5.10 Å². The maximum atomic E-state index is 11.7. The van der Waals surface area contributed by atoms with Gasteiger partial charge in [0.15, 0.2) is 0 Å². The van der Waals surface area contributed by atoms with Crippen molar-refractivity contribution in [2.24, 2.45) is 7.05 Å². The number of nitrogen functional groups attached to an aromatic ring is 1. The molecule has 0 saturated carbocycles. The Bertz CT molecular complexity index is 553. The van der Waals surface area contributed by atoms with Crippen LogP contribution in [0.1, 0.15) is 6.42 Å². The number of hydrogen-bond acceptors (Lipinski definition) is 6. The molecule has 3 N–H and O–H groups in total. The number of nitrogens with two attached hydrogens (primary N) is 1. The molecule has 0 radical (unpaired) electrons. The van der Waals surface area contributed by atoms with Gasteiger partial charge < -0.3 is 11.1 Å². The molecule has 0 aliphatic heterocycles. The molecule has 8 heteroatoms. The van der Waals surface area contributed by atoms with Crippen LogP contribution in [0.3, 0.4) is 0 Å². The minimum absolute atomic E-state index is 0.0487. The lowest BCUT2D eigenvalue weighted by Gasteiger charge is -2.05. The molecular weight excluding hydrogens is 264 g/mol. The lowest BCUT2D eigenvalue weighted by Crippen LogP contribution is -2.12. The summed E-state index contributed by atoms with van der Waals surface area (Å²) in [5, 5.41) is 14.6. The van der Waals surface area contributed by atoms with Crippen LogP contribution < -0.4 is 11.1 Å². The van der Waals surface area contributed by atoms with Crippen LogP contribution in [0.15, 0.2) is 29.4 Å². The molecule has 1 heterocycles. The zero-order valence-electron chi connectivity index (χ0n) is 10.4. The molecular formula is C11H14N6OS. The number of carbonyl (C=O) groups is 1. The molecule has 1 aromatic heterocycles. The average molecular weight is 278 g/mol. The van der Waals surface area contributed by atoms with E-state index in [-0.39, 0.29) is 5.91 Å². The van der Waals surface area contributed by atoms with Gasteiger partial charge in [0.1, 0.15) is 0 Å². The summed E-state index contributed by atoms with van der Waals surface area (Å²) in [6.45, 7) is 0. The molecule has 1 amide bonds. The summed E-state index contributed by atoms with van der Waals surface area (Å²) in [7, 11) is 1.76. The number of hydrogen-bond donors (Lipinski definition) is 2. The van der Waals surface area contributed by atoms with Gasteiger partial charge in [0, 0.05) is 30.6 Å². The van der Waals surface area contributed by atoms with Gasteiger partial charge in [-0.2, -0.15) is 0 Å². The first kappa shape index (κ1) is 13.3. The fourth-order valence-electron chi connectivity index (χ4n) is 1.37. The van der Waals surface area contributed by atoms with E-state index in [1.165, 1.54) is 11.8 Å². The Kier molecular flexibility index (Phi) is 4.35. The van der Waals surface area contributed by atoms with Crippen molar-refractivity contribution in [3.05, 3.63) is 24.3 Å². The summed E-state index contributed by atoms with van der Waals surface area (Å²) >= 11 is 1.44. The summed E-state index contributed by atoms with van der Waals surface area (Å²) < 4.78 is 1.57. The fraction of sp³-hybridized carbons (Fsp3) is 0.273. The minimum atomic E-state index is -0.0487. The summed E-state index contributed by atoms with van der Waals surface area (Å²) in [6.07, 6.45) is 0.391. The number of aromatic nitrogens is 4. The highest BCUT2D eigenvalue weighted by molar-refractivity contribution is 7.99. The van der Waals surface area contributed by atoms with Crippen LogP contribution >= 0.6 is 11.8 Å². The lowest BCUT2D eigenvalue weighted by molar-refractivity contribution is -0.115. The van der Waals surface area contributed by atoms with Gasteiger partial charge >= 0.3 is 0 Å². The monoisotopic (exact) mass is 278 g/mol. The number of tetrazole rings is 1. The third kappa shape index (κ3) is 3.95. The predicted molar refractivity (Wildman–Crippen MR) is 73.6 cm³/mol. The van der Waals surface area contributed by atoms with E-state index in [4.69, 9.17) is 5.73 Å². The number of thioether (sulfide) groups is 1. The van der Waals surface area contributed by atoms with Crippen LogP contribution in [0, 0.1) is 0 Å². The number of amides is 1. The molecule has 0 spiro atoms. The highest BCUT2D eigenvalue weighted by Crippen LogP contribution is 2.15. The third-order valence-corrected chi connectivity index (χ3v) is 3.35. The van der Waals surface area contributed by atoms with E-state index in [2.05, 4.69) is 20.8 Å². The molecule has 0 saturated heterocycles. The Hall–Kier alpha value is -2.09. The molecule has 7 nitrogen and oxygen atoms in total. The first-order chi connectivity index (χ1) is 9.15. The Labute approximate surface area is 114 Å². The van der Waals surface area contributed by atoms with Crippen molar-refractivity contribution in [3.8, 4) is 0 Å². The highest BCUT2D eigenvalue weighted by Gasteiger charge is 2.06. The summed E-state index contributed by atoms with van der Waals surface area (Å²) in [5.41, 5.74) is 6.98. The number of nitrogens with one attached hydrogen (secondary N) is 1. The number of anilines is 2. The fourth-order valence-corrected chi connectivity index (χ4v) is 2.16. The quantitative estimate of drug-likeness (QED) is 0.623. The second-order valence-corrected chi connectivity index (χ2v) is 4.92. The number of benzene rings is 1. The van der Waals surface area contributed by atoms with Crippen LogP contribution in [0.5, 0.6) is 0 Å².